The highest BCUT2D eigenvalue weighted by molar-refractivity contribution is 7.99. The van der Waals surface area contributed by atoms with Crippen molar-refractivity contribution in [3.05, 3.63) is 51.5 Å². The molecule has 3 rings (SSSR count). The number of nitrogens with one attached hydrogen (secondary N) is 1. The molecule has 1 aromatic heterocycles. The topological polar surface area (TPSA) is 143 Å². The summed E-state index contributed by atoms with van der Waals surface area (Å²) in [6.07, 6.45) is 0.0828. The zero-order valence-electron chi connectivity index (χ0n) is 20.0. The number of halogens is 2. The molecule has 0 fully saturated rings. The number of benzene rings is 2. The molecule has 0 saturated heterocycles. The maximum atomic E-state index is 12.5. The van der Waals surface area contributed by atoms with Gasteiger partial charge in [-0.25, -0.2) is 4.98 Å². The van der Waals surface area contributed by atoms with Gasteiger partial charge in [0.1, 0.15) is 28.5 Å². The highest BCUT2D eigenvalue weighted by Crippen LogP contribution is 2.44. The van der Waals surface area contributed by atoms with Crippen molar-refractivity contribution >= 4 is 52.4 Å². The zero-order valence-corrected chi connectivity index (χ0v) is 22.3. The summed E-state index contributed by atoms with van der Waals surface area (Å²) in [7, 11) is 4.39. The van der Waals surface area contributed by atoms with Crippen molar-refractivity contribution in [2.24, 2.45) is 0 Å². The molecule has 0 bridgehead atoms. The van der Waals surface area contributed by atoms with E-state index in [9.17, 15) is 15.3 Å². The molecule has 1 heterocycles. The SMILES string of the molecule is COc1cc(-c2c(C#N)c(N)nc(SCCC(=O)Nc3cc(Cl)ccc3Cl)c2C#N)cc(OC)c1OC. The first-order valence-electron chi connectivity index (χ1n) is 10.6. The fraction of sp³-hybridized carbons (Fsp3) is 0.200. The van der Waals surface area contributed by atoms with E-state index < -0.39 is 0 Å². The third-order valence-electron chi connectivity index (χ3n) is 5.14. The molecule has 12 heteroatoms. The van der Waals surface area contributed by atoms with Crippen LogP contribution >= 0.6 is 35.0 Å². The van der Waals surface area contributed by atoms with Gasteiger partial charge in [-0.3, -0.25) is 4.79 Å². The summed E-state index contributed by atoms with van der Waals surface area (Å²) >= 11 is 13.2. The number of nitrogen functional groups attached to an aromatic ring is 1. The first-order chi connectivity index (χ1) is 17.8. The summed E-state index contributed by atoms with van der Waals surface area (Å²) in [6.45, 7) is 0. The lowest BCUT2D eigenvalue weighted by molar-refractivity contribution is -0.115. The fourth-order valence-corrected chi connectivity index (χ4v) is 4.74. The normalized spacial score (nSPS) is 10.2. The Morgan fingerprint density at radius 2 is 1.70 bits per heavy atom. The molecule has 3 N–H and O–H groups in total. The highest BCUT2D eigenvalue weighted by atomic mass is 35.5. The van der Waals surface area contributed by atoms with Gasteiger partial charge in [-0.2, -0.15) is 10.5 Å². The van der Waals surface area contributed by atoms with Gasteiger partial charge in [0.15, 0.2) is 11.5 Å². The second kappa shape index (κ2) is 12.4. The maximum Gasteiger partial charge on any atom is 0.225 e. The first-order valence-corrected chi connectivity index (χ1v) is 12.3. The average molecular weight is 558 g/mol. The smallest absolute Gasteiger partial charge is 0.225 e. The van der Waals surface area contributed by atoms with Crippen LogP contribution in [-0.4, -0.2) is 38.0 Å². The number of hydrogen-bond donors (Lipinski definition) is 2. The number of rotatable bonds is 9. The predicted octanol–water partition coefficient (Wildman–Crippen LogP) is 5.53. The molecule has 9 nitrogen and oxygen atoms in total. The van der Waals surface area contributed by atoms with Crippen LogP contribution in [0.3, 0.4) is 0 Å². The second-order valence-corrected chi connectivity index (χ2v) is 9.26. The number of methoxy groups -OCH3 is 3. The molecule has 2 aromatic carbocycles. The van der Waals surface area contributed by atoms with Crippen molar-refractivity contribution in [3.8, 4) is 40.5 Å². The third kappa shape index (κ3) is 6.12. The molecule has 0 atom stereocenters. The Hall–Kier alpha value is -3.83. The number of nitriles is 2. The number of amides is 1. The number of nitrogens with zero attached hydrogens (tertiary/aromatic N) is 3. The van der Waals surface area contributed by atoms with Crippen molar-refractivity contribution in [1.29, 1.82) is 10.5 Å². The molecule has 3 aromatic rings. The number of hydrogen-bond acceptors (Lipinski definition) is 9. The van der Waals surface area contributed by atoms with E-state index >= 15 is 0 Å². The highest BCUT2D eigenvalue weighted by Gasteiger charge is 2.24. The molecule has 37 heavy (non-hydrogen) atoms. The zero-order chi connectivity index (χ0) is 27.1. The van der Waals surface area contributed by atoms with Gasteiger partial charge in [0, 0.05) is 22.8 Å². The van der Waals surface area contributed by atoms with Crippen LogP contribution in [0.5, 0.6) is 17.2 Å². The van der Waals surface area contributed by atoms with Crippen LogP contribution in [-0.2, 0) is 4.79 Å². The molecule has 190 valence electrons. The van der Waals surface area contributed by atoms with Gasteiger partial charge < -0.3 is 25.3 Å². The van der Waals surface area contributed by atoms with Gasteiger partial charge in [-0.05, 0) is 35.9 Å². The van der Waals surface area contributed by atoms with Crippen LogP contribution in [0.15, 0.2) is 35.4 Å². The molecule has 0 saturated carbocycles. The number of anilines is 2. The predicted molar refractivity (Wildman–Crippen MR) is 144 cm³/mol. The number of thioether (sulfide) groups is 1. The Bertz CT molecular complexity index is 1410. The Labute approximate surface area is 228 Å². The minimum Gasteiger partial charge on any atom is -0.493 e. The van der Waals surface area contributed by atoms with Crippen LogP contribution in [0.4, 0.5) is 11.5 Å². The lowest BCUT2D eigenvalue weighted by Crippen LogP contribution is -2.12. The van der Waals surface area contributed by atoms with Gasteiger partial charge in [0.25, 0.3) is 0 Å². The molecule has 0 aliphatic heterocycles. The summed E-state index contributed by atoms with van der Waals surface area (Å²) in [5.74, 6) is 0.944. The number of aromatic nitrogens is 1. The monoisotopic (exact) mass is 557 g/mol. The van der Waals surface area contributed by atoms with Crippen molar-refractivity contribution < 1.29 is 19.0 Å². The van der Waals surface area contributed by atoms with Crippen LogP contribution in [0.25, 0.3) is 11.1 Å². The van der Waals surface area contributed by atoms with Crippen molar-refractivity contribution in [3.63, 3.8) is 0 Å². The lowest BCUT2D eigenvalue weighted by atomic mass is 9.96. The Morgan fingerprint density at radius 1 is 1.05 bits per heavy atom. The molecular weight excluding hydrogens is 537 g/mol. The Kier molecular flexibility index (Phi) is 9.31. The molecule has 0 unspecified atom stereocenters. The molecule has 0 aliphatic rings. The van der Waals surface area contributed by atoms with Gasteiger partial charge in [-0.15, -0.1) is 11.8 Å². The summed E-state index contributed by atoms with van der Waals surface area (Å²) in [5, 5.41) is 23.6. The Morgan fingerprint density at radius 3 is 2.27 bits per heavy atom. The first kappa shape index (κ1) is 27.8. The van der Waals surface area contributed by atoms with Crippen molar-refractivity contribution in [2.75, 3.05) is 38.1 Å². The van der Waals surface area contributed by atoms with Gasteiger partial charge in [0.2, 0.25) is 11.7 Å². The third-order valence-corrected chi connectivity index (χ3v) is 6.68. The van der Waals surface area contributed by atoms with E-state index in [1.54, 1.807) is 30.3 Å². The average Bonchev–Trinajstić information content (AvgIpc) is 2.89. The largest absolute Gasteiger partial charge is 0.493 e. The van der Waals surface area contributed by atoms with Gasteiger partial charge in [-0.1, -0.05) is 23.2 Å². The standard InChI is InChI=1S/C25H21Cl2N5O4S/c1-34-19-8-13(9-20(35-2)23(19)36-3)22-15(11-28)24(30)32-25(16(22)12-29)37-7-6-21(33)31-18-10-14(26)4-5-17(18)27/h4-5,8-10H,6-7H2,1-3H3,(H2,30,32)(H,31,33). The van der Waals surface area contributed by atoms with E-state index in [-0.39, 0.29) is 45.6 Å². The van der Waals surface area contributed by atoms with E-state index in [1.807, 2.05) is 6.07 Å². The van der Waals surface area contributed by atoms with Crippen LogP contribution in [0.1, 0.15) is 17.5 Å². The summed E-state index contributed by atoms with van der Waals surface area (Å²) in [5.41, 5.74) is 7.38. The minimum absolute atomic E-state index is 0.0310. The van der Waals surface area contributed by atoms with E-state index in [4.69, 9.17) is 43.1 Å². The van der Waals surface area contributed by atoms with Gasteiger partial charge >= 0.3 is 0 Å². The lowest BCUT2D eigenvalue weighted by Gasteiger charge is -2.17. The van der Waals surface area contributed by atoms with Crippen molar-refractivity contribution in [1.82, 2.24) is 4.98 Å². The van der Waals surface area contributed by atoms with E-state index in [0.717, 1.165) is 11.8 Å². The van der Waals surface area contributed by atoms with Gasteiger partial charge in [0.05, 0.1) is 37.6 Å². The summed E-state index contributed by atoms with van der Waals surface area (Å²) in [4.78, 5) is 16.7. The van der Waals surface area contributed by atoms with Crippen LogP contribution < -0.4 is 25.3 Å². The second-order valence-electron chi connectivity index (χ2n) is 7.34. The van der Waals surface area contributed by atoms with E-state index in [0.29, 0.717) is 38.5 Å². The molecule has 1 amide bonds. The molecule has 0 spiro atoms. The number of carbonyl (C=O) groups is 1. The van der Waals surface area contributed by atoms with Crippen LogP contribution in [0.2, 0.25) is 10.0 Å². The van der Waals surface area contributed by atoms with E-state index in [1.165, 1.54) is 21.3 Å². The van der Waals surface area contributed by atoms with Crippen molar-refractivity contribution in [2.45, 2.75) is 11.4 Å². The molecule has 0 radical (unpaired) electrons. The molecular formula is C25H21Cl2N5O4S. The molecule has 0 aliphatic carbocycles. The minimum atomic E-state index is -0.304. The fourth-order valence-electron chi connectivity index (χ4n) is 3.46. The quantitative estimate of drug-likeness (QED) is 0.324. The number of ether oxygens (including phenoxy) is 3. The summed E-state index contributed by atoms with van der Waals surface area (Å²) in [6, 6.07) is 12.1. The van der Waals surface area contributed by atoms with Crippen LogP contribution in [0, 0.1) is 22.7 Å². The number of nitrogens with two attached hydrogens (primary N) is 1. The summed E-state index contributed by atoms with van der Waals surface area (Å²) < 4.78 is 16.2. The number of carbonyl (C=O) groups excluding carboxylic acids is 1. The van der Waals surface area contributed by atoms with E-state index in [2.05, 4.69) is 16.4 Å². The Balaban J connectivity index is 1.95. The maximum absolute atomic E-state index is 12.5. The number of pyridine rings is 1.